The second-order valence-corrected chi connectivity index (χ2v) is 6.58. The number of primary amides is 1. The van der Waals surface area contributed by atoms with Gasteiger partial charge in [-0.3, -0.25) is 14.0 Å². The highest BCUT2D eigenvalue weighted by atomic mass is 32.2. The third-order valence-electron chi connectivity index (χ3n) is 3.69. The topological polar surface area (TPSA) is 85.9 Å². The normalized spacial score (nSPS) is 12.3. The summed E-state index contributed by atoms with van der Waals surface area (Å²) in [4.78, 5) is 19.9. The van der Waals surface area contributed by atoms with Crippen molar-refractivity contribution in [2.75, 3.05) is 6.26 Å². The van der Waals surface area contributed by atoms with Crippen molar-refractivity contribution >= 4 is 27.5 Å². The first-order valence-electron chi connectivity index (χ1n) is 6.96. The van der Waals surface area contributed by atoms with Gasteiger partial charge < -0.3 is 5.73 Å². The molecule has 0 spiro atoms. The summed E-state index contributed by atoms with van der Waals surface area (Å²) in [6, 6.07) is 9.41. The Labute approximate surface area is 136 Å². The summed E-state index contributed by atoms with van der Waals surface area (Å²) in [5.41, 5.74) is 8.45. The van der Waals surface area contributed by atoms with Gasteiger partial charge >= 0.3 is 0 Å². The molecule has 1 aromatic carbocycles. The van der Waals surface area contributed by atoms with Crippen molar-refractivity contribution in [1.29, 1.82) is 0 Å². The average Bonchev–Trinajstić information content (AvgIpc) is 2.53. The second kappa shape index (κ2) is 5.89. The van der Waals surface area contributed by atoms with Crippen LogP contribution in [0.5, 0.6) is 0 Å². The van der Waals surface area contributed by atoms with E-state index in [2.05, 4.69) is 9.97 Å². The monoisotopic (exact) mass is 325 g/mol. The third-order valence-corrected chi connectivity index (χ3v) is 4.50. The second-order valence-electron chi connectivity index (χ2n) is 5.25. The third kappa shape index (κ3) is 2.85. The number of fused-ring (bicyclic) bond motifs is 1. The van der Waals surface area contributed by atoms with Crippen LogP contribution in [0.1, 0.15) is 16.1 Å². The molecule has 3 aromatic rings. The van der Waals surface area contributed by atoms with Crippen molar-refractivity contribution in [3.63, 3.8) is 0 Å². The molecular weight excluding hydrogens is 310 g/mol. The quantitative estimate of drug-likeness (QED) is 0.801. The lowest BCUT2D eigenvalue weighted by Crippen LogP contribution is -2.13. The number of carbonyl (C=O) groups is 1. The van der Waals surface area contributed by atoms with Gasteiger partial charge in [0.2, 0.25) is 0 Å². The lowest BCUT2D eigenvalue weighted by Gasteiger charge is -2.09. The summed E-state index contributed by atoms with van der Waals surface area (Å²) < 4.78 is 11.5. The van der Waals surface area contributed by atoms with Gasteiger partial charge in [-0.05, 0) is 41.6 Å². The lowest BCUT2D eigenvalue weighted by atomic mass is 9.99. The molecule has 1 unspecified atom stereocenters. The van der Waals surface area contributed by atoms with Crippen LogP contribution in [0.4, 0.5) is 0 Å². The zero-order chi connectivity index (χ0) is 16.6. The van der Waals surface area contributed by atoms with Gasteiger partial charge in [0.05, 0.1) is 10.8 Å². The Balaban J connectivity index is 2.19. The zero-order valence-corrected chi connectivity index (χ0v) is 13.6. The first-order valence-corrected chi connectivity index (χ1v) is 8.52. The number of aromatic nitrogens is 2. The van der Waals surface area contributed by atoms with Crippen LogP contribution in [0.15, 0.2) is 47.8 Å². The maximum atomic E-state index is 11.6. The molecule has 2 heterocycles. The van der Waals surface area contributed by atoms with E-state index in [4.69, 9.17) is 5.73 Å². The molecule has 0 saturated heterocycles. The standard InChI is InChI=1S/C17H15N3O2S/c1-10-7-15(23(2)22)20-9-14(10)12-4-3-11-5-6-19-16(17(18)21)13(11)8-12/h3-9H,1-2H3,(H2,18,21). The zero-order valence-electron chi connectivity index (χ0n) is 12.7. The van der Waals surface area contributed by atoms with Crippen LogP contribution < -0.4 is 5.73 Å². The van der Waals surface area contributed by atoms with E-state index in [-0.39, 0.29) is 5.69 Å². The fourth-order valence-electron chi connectivity index (χ4n) is 2.52. The van der Waals surface area contributed by atoms with Crippen molar-refractivity contribution in [3.05, 3.63) is 54.0 Å². The average molecular weight is 325 g/mol. The lowest BCUT2D eigenvalue weighted by molar-refractivity contribution is 0.0997. The Morgan fingerprint density at radius 2 is 1.96 bits per heavy atom. The van der Waals surface area contributed by atoms with Crippen LogP contribution in [0.2, 0.25) is 0 Å². The van der Waals surface area contributed by atoms with E-state index < -0.39 is 16.7 Å². The fourth-order valence-corrected chi connectivity index (χ4v) is 3.07. The van der Waals surface area contributed by atoms with Gasteiger partial charge in [0, 0.05) is 29.6 Å². The molecule has 1 amide bonds. The van der Waals surface area contributed by atoms with Crippen molar-refractivity contribution < 1.29 is 9.00 Å². The first-order chi connectivity index (χ1) is 11.0. The molecule has 5 nitrogen and oxygen atoms in total. The predicted molar refractivity (Wildman–Crippen MR) is 90.6 cm³/mol. The highest BCUT2D eigenvalue weighted by molar-refractivity contribution is 7.84. The number of hydrogen-bond donors (Lipinski definition) is 1. The van der Waals surface area contributed by atoms with Gasteiger partial charge in [0.15, 0.2) is 0 Å². The smallest absolute Gasteiger partial charge is 0.267 e. The Morgan fingerprint density at radius 1 is 1.17 bits per heavy atom. The largest absolute Gasteiger partial charge is 0.364 e. The number of carbonyl (C=O) groups excluding carboxylic acids is 1. The molecule has 0 fully saturated rings. The van der Waals surface area contributed by atoms with Gasteiger partial charge in [-0.1, -0.05) is 12.1 Å². The summed E-state index contributed by atoms with van der Waals surface area (Å²) in [6.07, 6.45) is 4.87. The maximum Gasteiger partial charge on any atom is 0.267 e. The van der Waals surface area contributed by atoms with E-state index in [0.717, 1.165) is 22.1 Å². The number of nitrogens with two attached hydrogens (primary N) is 1. The molecule has 0 aliphatic rings. The van der Waals surface area contributed by atoms with Crippen molar-refractivity contribution in [2.24, 2.45) is 5.73 Å². The van der Waals surface area contributed by atoms with Crippen LogP contribution in [-0.4, -0.2) is 26.3 Å². The van der Waals surface area contributed by atoms with Crippen molar-refractivity contribution in [1.82, 2.24) is 9.97 Å². The summed E-state index contributed by atoms with van der Waals surface area (Å²) in [5, 5.41) is 2.15. The van der Waals surface area contributed by atoms with Gasteiger partial charge in [-0.25, -0.2) is 4.98 Å². The van der Waals surface area contributed by atoms with E-state index >= 15 is 0 Å². The van der Waals surface area contributed by atoms with E-state index in [1.54, 1.807) is 18.6 Å². The minimum atomic E-state index is -1.12. The van der Waals surface area contributed by atoms with Crippen LogP contribution in [0, 0.1) is 6.92 Å². The van der Waals surface area contributed by atoms with E-state index in [9.17, 15) is 9.00 Å². The molecule has 3 rings (SSSR count). The summed E-state index contributed by atoms with van der Waals surface area (Å²) in [5.74, 6) is -0.556. The number of benzene rings is 1. The van der Waals surface area contributed by atoms with Crippen LogP contribution in [-0.2, 0) is 10.8 Å². The molecule has 6 heteroatoms. The number of nitrogens with zero attached hydrogens (tertiary/aromatic N) is 2. The Hall–Kier alpha value is -2.60. The Bertz CT molecular complexity index is 954. The predicted octanol–water partition coefficient (Wildman–Crippen LogP) is 2.44. The Kier molecular flexibility index (Phi) is 3.92. The van der Waals surface area contributed by atoms with Crippen molar-refractivity contribution in [2.45, 2.75) is 11.9 Å². The first kappa shape index (κ1) is 15.3. The van der Waals surface area contributed by atoms with Gasteiger partial charge in [0.25, 0.3) is 5.91 Å². The highest BCUT2D eigenvalue weighted by Gasteiger charge is 2.11. The molecule has 23 heavy (non-hydrogen) atoms. The van der Waals surface area contributed by atoms with Crippen LogP contribution in [0.3, 0.4) is 0 Å². The number of aryl methyl sites for hydroxylation is 1. The van der Waals surface area contributed by atoms with E-state index in [1.807, 2.05) is 37.3 Å². The number of rotatable bonds is 3. The number of amides is 1. The Morgan fingerprint density at radius 3 is 2.61 bits per heavy atom. The number of pyridine rings is 2. The molecule has 116 valence electrons. The molecule has 0 saturated carbocycles. The summed E-state index contributed by atoms with van der Waals surface area (Å²) in [6.45, 7) is 1.94. The SMILES string of the molecule is Cc1cc(S(C)=O)ncc1-c1ccc2ccnc(C(N)=O)c2c1. The van der Waals surface area contributed by atoms with E-state index in [0.29, 0.717) is 10.4 Å². The van der Waals surface area contributed by atoms with Gasteiger partial charge in [0.1, 0.15) is 10.7 Å². The van der Waals surface area contributed by atoms with Crippen molar-refractivity contribution in [3.8, 4) is 11.1 Å². The number of hydrogen-bond acceptors (Lipinski definition) is 4. The minimum Gasteiger partial charge on any atom is -0.364 e. The fraction of sp³-hybridized carbons (Fsp3) is 0.118. The minimum absolute atomic E-state index is 0.251. The van der Waals surface area contributed by atoms with Crippen LogP contribution >= 0.6 is 0 Å². The van der Waals surface area contributed by atoms with E-state index in [1.165, 1.54) is 0 Å². The van der Waals surface area contributed by atoms with Crippen LogP contribution in [0.25, 0.3) is 21.9 Å². The van der Waals surface area contributed by atoms with Gasteiger partial charge in [-0.15, -0.1) is 0 Å². The summed E-state index contributed by atoms with van der Waals surface area (Å²) >= 11 is 0. The molecular formula is C17H15N3O2S. The molecule has 0 aliphatic carbocycles. The maximum absolute atomic E-state index is 11.6. The molecule has 0 radical (unpaired) electrons. The van der Waals surface area contributed by atoms with Gasteiger partial charge in [-0.2, -0.15) is 0 Å². The molecule has 0 aliphatic heterocycles. The summed E-state index contributed by atoms with van der Waals surface area (Å²) in [7, 11) is -1.12. The molecule has 2 aromatic heterocycles. The molecule has 1 atom stereocenters. The molecule has 0 bridgehead atoms. The highest BCUT2D eigenvalue weighted by Crippen LogP contribution is 2.28. The molecule has 2 N–H and O–H groups in total.